The van der Waals surface area contributed by atoms with Crippen molar-refractivity contribution in [3.8, 4) is 11.1 Å². The van der Waals surface area contributed by atoms with E-state index in [1.807, 2.05) is 48.0 Å². The molecule has 0 bridgehead atoms. The lowest BCUT2D eigenvalue weighted by Gasteiger charge is -2.05. The van der Waals surface area contributed by atoms with Gasteiger partial charge in [0.15, 0.2) is 0 Å². The summed E-state index contributed by atoms with van der Waals surface area (Å²) in [5.41, 5.74) is 3.31. The third-order valence-corrected chi connectivity index (χ3v) is 3.44. The molecule has 0 aliphatic heterocycles. The van der Waals surface area contributed by atoms with Gasteiger partial charge in [0.25, 0.3) is 0 Å². The molecule has 0 radical (unpaired) electrons. The van der Waals surface area contributed by atoms with Crippen molar-refractivity contribution in [2.24, 2.45) is 7.05 Å². The van der Waals surface area contributed by atoms with Crippen molar-refractivity contribution in [1.82, 2.24) is 9.55 Å². The zero-order valence-corrected chi connectivity index (χ0v) is 11.3. The van der Waals surface area contributed by atoms with Crippen LogP contribution in [0.3, 0.4) is 0 Å². The summed E-state index contributed by atoms with van der Waals surface area (Å²) in [5.74, 6) is -0.345. The highest BCUT2D eigenvalue weighted by Crippen LogP contribution is 2.34. The number of rotatable bonds is 2. The predicted molar refractivity (Wildman–Crippen MR) is 77.5 cm³/mol. The molecule has 2 aromatic heterocycles. The first kappa shape index (κ1) is 12.4. The number of aryl methyl sites for hydroxylation is 1. The van der Waals surface area contributed by atoms with Gasteiger partial charge in [-0.1, -0.05) is 24.3 Å². The van der Waals surface area contributed by atoms with Gasteiger partial charge in [-0.25, -0.2) is 4.79 Å². The van der Waals surface area contributed by atoms with E-state index in [9.17, 15) is 4.79 Å². The van der Waals surface area contributed by atoms with Crippen LogP contribution in [0, 0.1) is 0 Å². The summed E-state index contributed by atoms with van der Waals surface area (Å²) < 4.78 is 6.79. The number of benzene rings is 1. The minimum atomic E-state index is -0.345. The highest BCUT2D eigenvalue weighted by Gasteiger charge is 2.22. The maximum absolute atomic E-state index is 12.1. The Morgan fingerprint density at radius 1 is 1.20 bits per heavy atom. The molecule has 100 valence electrons. The van der Waals surface area contributed by atoms with E-state index in [4.69, 9.17) is 4.74 Å². The normalized spacial score (nSPS) is 10.7. The quantitative estimate of drug-likeness (QED) is 0.670. The third kappa shape index (κ3) is 1.77. The number of fused-ring (bicyclic) bond motifs is 1. The Balaban J connectivity index is 2.42. The Kier molecular flexibility index (Phi) is 2.99. The van der Waals surface area contributed by atoms with E-state index in [0.29, 0.717) is 5.69 Å². The van der Waals surface area contributed by atoms with E-state index < -0.39 is 0 Å². The second-order valence-electron chi connectivity index (χ2n) is 4.53. The van der Waals surface area contributed by atoms with Gasteiger partial charge in [0.2, 0.25) is 0 Å². The SMILES string of the molecule is COC(=O)c1c(-c2cccnc2)c2ccccc2n1C. The first-order valence-electron chi connectivity index (χ1n) is 6.30. The van der Waals surface area contributed by atoms with Crippen molar-refractivity contribution in [2.45, 2.75) is 0 Å². The van der Waals surface area contributed by atoms with E-state index >= 15 is 0 Å². The van der Waals surface area contributed by atoms with Gasteiger partial charge in [-0.3, -0.25) is 4.98 Å². The molecule has 2 heterocycles. The van der Waals surface area contributed by atoms with Crippen LogP contribution in [-0.2, 0) is 11.8 Å². The number of para-hydroxylation sites is 1. The van der Waals surface area contributed by atoms with Crippen LogP contribution >= 0.6 is 0 Å². The van der Waals surface area contributed by atoms with Gasteiger partial charge in [0.1, 0.15) is 5.69 Å². The molecule has 3 rings (SSSR count). The zero-order chi connectivity index (χ0) is 14.1. The fourth-order valence-corrected chi connectivity index (χ4v) is 2.53. The van der Waals surface area contributed by atoms with E-state index in [1.165, 1.54) is 7.11 Å². The molecular formula is C16H14N2O2. The smallest absolute Gasteiger partial charge is 0.355 e. The second kappa shape index (κ2) is 4.81. The Bertz CT molecular complexity index is 776. The largest absolute Gasteiger partial charge is 0.464 e. The fourth-order valence-electron chi connectivity index (χ4n) is 2.53. The Morgan fingerprint density at radius 2 is 2.00 bits per heavy atom. The van der Waals surface area contributed by atoms with E-state index in [2.05, 4.69) is 4.98 Å². The van der Waals surface area contributed by atoms with Crippen molar-refractivity contribution in [3.63, 3.8) is 0 Å². The lowest BCUT2D eigenvalue weighted by atomic mass is 10.0. The predicted octanol–water partition coefficient (Wildman–Crippen LogP) is 3.03. The number of ether oxygens (including phenoxy) is 1. The van der Waals surface area contributed by atoms with Gasteiger partial charge >= 0.3 is 5.97 Å². The average molecular weight is 266 g/mol. The number of esters is 1. The molecule has 3 aromatic rings. The van der Waals surface area contributed by atoms with Crippen LogP contribution in [-0.4, -0.2) is 22.6 Å². The summed E-state index contributed by atoms with van der Waals surface area (Å²) in [4.78, 5) is 16.3. The molecule has 4 heteroatoms. The molecule has 0 fully saturated rings. The molecule has 4 nitrogen and oxygen atoms in total. The van der Waals surface area contributed by atoms with Gasteiger partial charge in [-0.2, -0.15) is 0 Å². The van der Waals surface area contributed by atoms with Crippen LogP contribution in [0.15, 0.2) is 48.8 Å². The molecule has 0 amide bonds. The second-order valence-corrected chi connectivity index (χ2v) is 4.53. The first-order chi connectivity index (χ1) is 9.74. The molecule has 0 saturated carbocycles. The summed E-state index contributed by atoms with van der Waals surface area (Å²) in [6.45, 7) is 0. The number of aromatic nitrogens is 2. The maximum Gasteiger partial charge on any atom is 0.355 e. The summed E-state index contributed by atoms with van der Waals surface area (Å²) >= 11 is 0. The van der Waals surface area contributed by atoms with E-state index in [1.54, 1.807) is 12.4 Å². The van der Waals surface area contributed by atoms with Crippen molar-refractivity contribution < 1.29 is 9.53 Å². The molecule has 20 heavy (non-hydrogen) atoms. The standard InChI is InChI=1S/C16H14N2O2/c1-18-13-8-4-3-7-12(13)14(15(18)16(19)20-2)11-6-5-9-17-10-11/h3-10H,1-2H3. The number of pyridine rings is 1. The molecule has 1 aromatic carbocycles. The zero-order valence-electron chi connectivity index (χ0n) is 11.3. The van der Waals surface area contributed by atoms with Crippen molar-refractivity contribution >= 4 is 16.9 Å². The number of hydrogen-bond acceptors (Lipinski definition) is 3. The maximum atomic E-state index is 12.1. The summed E-state index contributed by atoms with van der Waals surface area (Å²) in [6.07, 6.45) is 3.47. The molecule has 0 unspecified atom stereocenters. The van der Waals surface area contributed by atoms with Crippen molar-refractivity contribution in [3.05, 3.63) is 54.5 Å². The Labute approximate surface area is 116 Å². The minimum absolute atomic E-state index is 0.345. The average Bonchev–Trinajstić information content (AvgIpc) is 2.81. The van der Waals surface area contributed by atoms with Crippen LogP contribution in [0.25, 0.3) is 22.0 Å². The highest BCUT2D eigenvalue weighted by molar-refractivity contribution is 6.08. The Hall–Kier alpha value is -2.62. The molecule has 0 saturated heterocycles. The molecule has 0 spiro atoms. The third-order valence-electron chi connectivity index (χ3n) is 3.44. The number of carbonyl (C=O) groups is 1. The van der Waals surface area contributed by atoms with Crippen LogP contribution in [0.4, 0.5) is 0 Å². The molecule has 0 N–H and O–H groups in total. The molecule has 0 aliphatic carbocycles. The monoisotopic (exact) mass is 266 g/mol. The van der Waals surface area contributed by atoms with Gasteiger partial charge in [-0.05, 0) is 12.1 Å². The van der Waals surface area contributed by atoms with Crippen LogP contribution in [0.5, 0.6) is 0 Å². The fraction of sp³-hybridized carbons (Fsp3) is 0.125. The van der Waals surface area contributed by atoms with Crippen molar-refractivity contribution in [2.75, 3.05) is 7.11 Å². The molecule has 0 aliphatic rings. The summed E-state index contributed by atoms with van der Waals surface area (Å²) in [5, 5.41) is 1.02. The summed E-state index contributed by atoms with van der Waals surface area (Å²) in [7, 11) is 3.27. The van der Waals surface area contributed by atoms with Gasteiger partial charge < -0.3 is 9.30 Å². The molecule has 0 atom stereocenters. The Morgan fingerprint density at radius 3 is 2.70 bits per heavy atom. The summed E-state index contributed by atoms with van der Waals surface area (Å²) in [6, 6.07) is 11.7. The minimum Gasteiger partial charge on any atom is -0.464 e. The van der Waals surface area contributed by atoms with E-state index in [-0.39, 0.29) is 5.97 Å². The number of carbonyl (C=O) groups excluding carboxylic acids is 1. The van der Waals surface area contributed by atoms with Crippen molar-refractivity contribution in [1.29, 1.82) is 0 Å². The number of nitrogens with zero attached hydrogens (tertiary/aromatic N) is 2. The lowest BCUT2D eigenvalue weighted by Crippen LogP contribution is -2.08. The lowest BCUT2D eigenvalue weighted by molar-refractivity contribution is 0.0591. The van der Waals surface area contributed by atoms with E-state index in [0.717, 1.165) is 22.0 Å². The number of hydrogen-bond donors (Lipinski definition) is 0. The van der Waals surface area contributed by atoms with Gasteiger partial charge in [0, 0.05) is 41.5 Å². The first-order valence-corrected chi connectivity index (χ1v) is 6.30. The topological polar surface area (TPSA) is 44.1 Å². The van der Waals surface area contributed by atoms with Crippen LogP contribution < -0.4 is 0 Å². The number of methoxy groups -OCH3 is 1. The van der Waals surface area contributed by atoms with Crippen LogP contribution in [0.2, 0.25) is 0 Å². The van der Waals surface area contributed by atoms with Gasteiger partial charge in [0.05, 0.1) is 7.11 Å². The molecular weight excluding hydrogens is 252 g/mol. The highest BCUT2D eigenvalue weighted by atomic mass is 16.5. The van der Waals surface area contributed by atoms with Crippen LogP contribution in [0.1, 0.15) is 10.5 Å². The van der Waals surface area contributed by atoms with Gasteiger partial charge in [-0.15, -0.1) is 0 Å².